The Bertz CT molecular complexity index is 383. The van der Waals surface area contributed by atoms with Crippen molar-refractivity contribution in [3.05, 3.63) is 0 Å². The molecule has 0 radical (unpaired) electrons. The molecule has 2 N–H and O–H groups in total. The first-order valence-corrected chi connectivity index (χ1v) is 7.77. The van der Waals surface area contributed by atoms with Crippen LogP contribution in [0.25, 0.3) is 0 Å². The number of aliphatic carboxylic acids is 1. The minimum absolute atomic E-state index is 0.138. The fourth-order valence-electron chi connectivity index (χ4n) is 3.41. The van der Waals surface area contributed by atoms with E-state index in [4.69, 9.17) is 4.74 Å². The van der Waals surface area contributed by atoms with Gasteiger partial charge >= 0.3 is 12.0 Å². The molecule has 2 rings (SSSR count). The molecule has 0 saturated carbocycles. The lowest BCUT2D eigenvalue weighted by molar-refractivity contribution is -0.154. The van der Waals surface area contributed by atoms with Crippen LogP contribution in [0.15, 0.2) is 0 Å². The number of amides is 2. The van der Waals surface area contributed by atoms with Gasteiger partial charge in [-0.05, 0) is 31.1 Å². The number of urea groups is 1. The lowest BCUT2D eigenvalue weighted by Crippen LogP contribution is -2.52. The molecular formula is C15H26N2O4. The Hall–Kier alpha value is -1.30. The topological polar surface area (TPSA) is 78.9 Å². The maximum absolute atomic E-state index is 12.3. The van der Waals surface area contributed by atoms with Crippen molar-refractivity contribution in [1.29, 1.82) is 0 Å². The summed E-state index contributed by atoms with van der Waals surface area (Å²) >= 11 is 0. The molecule has 0 aliphatic carbocycles. The van der Waals surface area contributed by atoms with Crippen LogP contribution in [-0.4, -0.2) is 54.9 Å². The highest BCUT2D eigenvalue weighted by atomic mass is 16.5. The van der Waals surface area contributed by atoms with Crippen molar-refractivity contribution >= 4 is 12.0 Å². The molecule has 6 heteroatoms. The molecule has 2 amide bonds. The van der Waals surface area contributed by atoms with Crippen LogP contribution in [0.4, 0.5) is 4.79 Å². The summed E-state index contributed by atoms with van der Waals surface area (Å²) in [5, 5.41) is 12.3. The van der Waals surface area contributed by atoms with Crippen molar-refractivity contribution in [2.75, 3.05) is 32.8 Å². The zero-order valence-corrected chi connectivity index (χ0v) is 12.9. The molecule has 0 bridgehead atoms. The number of hydrogen-bond acceptors (Lipinski definition) is 3. The number of carbonyl (C=O) groups is 2. The molecule has 2 atom stereocenters. The SMILES string of the molecule is CC1CC(C)CN(C(=O)NCC2(C(=O)O)CCOCC2)C1. The van der Waals surface area contributed by atoms with Gasteiger partial charge in [0.15, 0.2) is 0 Å². The summed E-state index contributed by atoms with van der Waals surface area (Å²) in [7, 11) is 0. The first-order valence-electron chi connectivity index (χ1n) is 7.77. The highest BCUT2D eigenvalue weighted by Crippen LogP contribution is 2.30. The minimum Gasteiger partial charge on any atom is -0.481 e. The maximum atomic E-state index is 12.3. The van der Waals surface area contributed by atoms with Crippen LogP contribution < -0.4 is 5.32 Å². The average Bonchev–Trinajstić information content (AvgIpc) is 2.44. The largest absolute Gasteiger partial charge is 0.481 e. The van der Waals surface area contributed by atoms with Gasteiger partial charge in [0.1, 0.15) is 0 Å². The number of nitrogens with one attached hydrogen (secondary N) is 1. The predicted molar refractivity (Wildman–Crippen MR) is 78.0 cm³/mol. The van der Waals surface area contributed by atoms with E-state index >= 15 is 0 Å². The Balaban J connectivity index is 1.91. The van der Waals surface area contributed by atoms with Gasteiger partial charge in [-0.3, -0.25) is 4.79 Å². The number of hydrogen-bond donors (Lipinski definition) is 2. The molecule has 2 aliphatic heterocycles. The standard InChI is InChI=1S/C15H26N2O4/c1-11-7-12(2)9-17(8-11)14(20)16-10-15(13(18)19)3-5-21-6-4-15/h11-12H,3-10H2,1-2H3,(H,16,20)(H,18,19). The molecule has 0 aromatic heterocycles. The molecular weight excluding hydrogens is 272 g/mol. The number of rotatable bonds is 3. The third kappa shape index (κ3) is 3.87. The fourth-order valence-corrected chi connectivity index (χ4v) is 3.41. The second-order valence-corrected chi connectivity index (χ2v) is 6.71. The molecule has 0 aromatic rings. The van der Waals surface area contributed by atoms with Gasteiger partial charge < -0.3 is 20.1 Å². The van der Waals surface area contributed by atoms with E-state index < -0.39 is 11.4 Å². The Morgan fingerprint density at radius 2 is 1.81 bits per heavy atom. The summed E-state index contributed by atoms with van der Waals surface area (Å²) in [4.78, 5) is 25.6. The second-order valence-electron chi connectivity index (χ2n) is 6.71. The van der Waals surface area contributed by atoms with Gasteiger partial charge in [-0.2, -0.15) is 0 Å². The van der Waals surface area contributed by atoms with Gasteiger partial charge in [0.25, 0.3) is 0 Å². The van der Waals surface area contributed by atoms with Gasteiger partial charge in [-0.25, -0.2) is 4.79 Å². The van der Waals surface area contributed by atoms with Crippen LogP contribution in [0.5, 0.6) is 0 Å². The maximum Gasteiger partial charge on any atom is 0.317 e. The molecule has 2 aliphatic rings. The van der Waals surface area contributed by atoms with Crippen LogP contribution in [-0.2, 0) is 9.53 Å². The highest BCUT2D eigenvalue weighted by molar-refractivity contribution is 5.78. The van der Waals surface area contributed by atoms with Crippen LogP contribution in [0.2, 0.25) is 0 Å². The number of nitrogens with zero attached hydrogens (tertiary/aromatic N) is 1. The normalized spacial score (nSPS) is 29.0. The monoisotopic (exact) mass is 298 g/mol. The van der Waals surface area contributed by atoms with E-state index in [0.29, 0.717) is 37.9 Å². The first kappa shape index (κ1) is 16.1. The summed E-state index contributed by atoms with van der Waals surface area (Å²) in [6.07, 6.45) is 2.05. The van der Waals surface area contributed by atoms with Crippen molar-refractivity contribution in [1.82, 2.24) is 10.2 Å². The minimum atomic E-state index is -0.874. The molecule has 0 aromatic carbocycles. The fraction of sp³-hybridized carbons (Fsp3) is 0.867. The molecule has 6 nitrogen and oxygen atoms in total. The van der Waals surface area contributed by atoms with Gasteiger partial charge in [-0.1, -0.05) is 13.8 Å². The number of carboxylic acids is 1. The highest BCUT2D eigenvalue weighted by Gasteiger charge is 2.41. The van der Waals surface area contributed by atoms with E-state index in [2.05, 4.69) is 19.2 Å². The van der Waals surface area contributed by atoms with E-state index in [1.807, 2.05) is 4.90 Å². The number of carbonyl (C=O) groups excluding carboxylic acids is 1. The number of ether oxygens (including phenoxy) is 1. The number of likely N-dealkylation sites (tertiary alicyclic amines) is 1. The molecule has 2 heterocycles. The lowest BCUT2D eigenvalue weighted by atomic mass is 9.80. The summed E-state index contributed by atoms with van der Waals surface area (Å²) in [6, 6.07) is -0.138. The number of carboxylic acid groups (broad SMARTS) is 1. The van der Waals surface area contributed by atoms with E-state index in [1.165, 1.54) is 0 Å². The van der Waals surface area contributed by atoms with Crippen LogP contribution in [0, 0.1) is 17.3 Å². The van der Waals surface area contributed by atoms with Crippen molar-refractivity contribution in [2.24, 2.45) is 17.3 Å². The summed E-state index contributed by atoms with van der Waals surface area (Å²) in [5.41, 5.74) is -0.874. The summed E-state index contributed by atoms with van der Waals surface area (Å²) in [6.45, 7) is 6.86. The quantitative estimate of drug-likeness (QED) is 0.828. The predicted octanol–water partition coefficient (Wildman–Crippen LogP) is 1.56. The van der Waals surface area contributed by atoms with E-state index in [1.54, 1.807) is 0 Å². The van der Waals surface area contributed by atoms with Gasteiger partial charge in [0.05, 0.1) is 5.41 Å². The molecule has 120 valence electrons. The second kappa shape index (κ2) is 6.64. The Morgan fingerprint density at radius 1 is 1.24 bits per heavy atom. The molecule has 2 fully saturated rings. The average molecular weight is 298 g/mol. The molecule has 0 spiro atoms. The zero-order chi connectivity index (χ0) is 15.5. The van der Waals surface area contributed by atoms with Crippen molar-refractivity contribution in [3.8, 4) is 0 Å². The molecule has 21 heavy (non-hydrogen) atoms. The van der Waals surface area contributed by atoms with E-state index in [0.717, 1.165) is 19.5 Å². The van der Waals surface area contributed by atoms with Crippen molar-refractivity contribution in [3.63, 3.8) is 0 Å². The summed E-state index contributed by atoms with van der Waals surface area (Å²) in [5.74, 6) is 0.151. The molecule has 2 unspecified atom stereocenters. The zero-order valence-electron chi connectivity index (χ0n) is 12.9. The van der Waals surface area contributed by atoms with Crippen LogP contribution in [0.3, 0.4) is 0 Å². The smallest absolute Gasteiger partial charge is 0.317 e. The van der Waals surface area contributed by atoms with Crippen LogP contribution in [0.1, 0.15) is 33.1 Å². The van der Waals surface area contributed by atoms with Gasteiger partial charge in [0, 0.05) is 32.8 Å². The van der Waals surface area contributed by atoms with Crippen molar-refractivity contribution < 1.29 is 19.4 Å². The van der Waals surface area contributed by atoms with Gasteiger partial charge in [0.2, 0.25) is 0 Å². The first-order chi connectivity index (χ1) is 9.93. The third-order valence-electron chi connectivity index (χ3n) is 4.64. The summed E-state index contributed by atoms with van der Waals surface area (Å²) < 4.78 is 5.24. The Labute approximate surface area is 125 Å². The van der Waals surface area contributed by atoms with Gasteiger partial charge in [-0.15, -0.1) is 0 Å². The lowest BCUT2D eigenvalue weighted by Gasteiger charge is -2.37. The van der Waals surface area contributed by atoms with E-state index in [-0.39, 0.29) is 12.6 Å². The Morgan fingerprint density at radius 3 is 2.33 bits per heavy atom. The Kier molecular flexibility index (Phi) is 5.08. The number of piperidine rings is 1. The van der Waals surface area contributed by atoms with Crippen molar-refractivity contribution in [2.45, 2.75) is 33.1 Å². The third-order valence-corrected chi connectivity index (χ3v) is 4.64. The van der Waals surface area contributed by atoms with E-state index in [9.17, 15) is 14.7 Å². The van der Waals surface area contributed by atoms with Crippen LogP contribution >= 0.6 is 0 Å². The molecule has 2 saturated heterocycles.